The van der Waals surface area contributed by atoms with Crippen LogP contribution in [0.4, 0.5) is 13.2 Å². The molecule has 150 valence electrons. The average Bonchev–Trinajstić information content (AvgIpc) is 2.66. The molecule has 0 heterocycles. The number of esters is 1. The van der Waals surface area contributed by atoms with Gasteiger partial charge in [0, 0.05) is 10.6 Å². The van der Waals surface area contributed by atoms with Crippen molar-refractivity contribution >= 4 is 23.5 Å². The van der Waals surface area contributed by atoms with Crippen molar-refractivity contribution in [2.24, 2.45) is 0 Å². The summed E-state index contributed by atoms with van der Waals surface area (Å²) in [4.78, 5) is 24.2. The molecule has 0 bridgehead atoms. The van der Waals surface area contributed by atoms with E-state index in [0.29, 0.717) is 10.6 Å². The van der Waals surface area contributed by atoms with Gasteiger partial charge in [-0.1, -0.05) is 23.7 Å². The Morgan fingerprint density at radius 2 is 1.68 bits per heavy atom. The summed E-state index contributed by atoms with van der Waals surface area (Å²) in [5.74, 6) is -1.04. The van der Waals surface area contributed by atoms with Crippen molar-refractivity contribution in [3.8, 4) is 5.75 Å². The molecular weight excluding hydrogens is 399 g/mol. The first kappa shape index (κ1) is 21.6. The van der Waals surface area contributed by atoms with E-state index in [0.717, 1.165) is 0 Å². The molecule has 2 aromatic carbocycles. The number of amides is 1. The van der Waals surface area contributed by atoms with Gasteiger partial charge in [0.1, 0.15) is 5.75 Å². The van der Waals surface area contributed by atoms with E-state index >= 15 is 0 Å². The Morgan fingerprint density at radius 3 is 2.21 bits per heavy atom. The van der Waals surface area contributed by atoms with Crippen LogP contribution in [0.5, 0.6) is 5.75 Å². The zero-order valence-corrected chi connectivity index (χ0v) is 15.5. The second kappa shape index (κ2) is 9.45. The van der Waals surface area contributed by atoms with Crippen LogP contribution in [0.15, 0.2) is 48.5 Å². The van der Waals surface area contributed by atoms with Crippen LogP contribution in [-0.2, 0) is 9.53 Å². The highest BCUT2D eigenvalue weighted by molar-refractivity contribution is 6.30. The Morgan fingerprint density at radius 1 is 1.07 bits per heavy atom. The summed E-state index contributed by atoms with van der Waals surface area (Å²) in [6.45, 7) is -1.42. The van der Waals surface area contributed by atoms with Crippen LogP contribution in [0.25, 0.3) is 0 Å². The summed E-state index contributed by atoms with van der Waals surface area (Å²) < 4.78 is 45.8. The number of hydrogen-bond acceptors (Lipinski definition) is 4. The molecule has 0 fully saturated rings. The molecule has 0 aromatic heterocycles. The lowest BCUT2D eigenvalue weighted by Crippen LogP contribution is -2.30. The molecular formula is C19H17ClF3NO4. The third-order valence-corrected chi connectivity index (χ3v) is 3.95. The summed E-state index contributed by atoms with van der Waals surface area (Å²) in [6, 6.07) is 11.1. The topological polar surface area (TPSA) is 64.6 Å². The second-order valence-corrected chi connectivity index (χ2v) is 6.22. The van der Waals surface area contributed by atoms with Gasteiger partial charge in [-0.25, -0.2) is 0 Å². The lowest BCUT2D eigenvalue weighted by Gasteiger charge is -2.18. The van der Waals surface area contributed by atoms with Gasteiger partial charge in [-0.05, 0) is 42.0 Å². The smallest absolute Gasteiger partial charge is 0.422 e. The van der Waals surface area contributed by atoms with E-state index in [1.807, 2.05) is 0 Å². The monoisotopic (exact) mass is 415 g/mol. The molecule has 5 nitrogen and oxygen atoms in total. The minimum absolute atomic E-state index is 0.0160. The molecule has 0 saturated carbocycles. The molecule has 1 unspecified atom stereocenters. The van der Waals surface area contributed by atoms with Gasteiger partial charge in [-0.3, -0.25) is 9.59 Å². The maximum absolute atomic E-state index is 12.5. The number of methoxy groups -OCH3 is 1. The van der Waals surface area contributed by atoms with Gasteiger partial charge in [-0.15, -0.1) is 0 Å². The van der Waals surface area contributed by atoms with Crippen molar-refractivity contribution in [2.75, 3.05) is 13.7 Å². The fourth-order valence-electron chi connectivity index (χ4n) is 2.31. The molecule has 2 aromatic rings. The zero-order valence-electron chi connectivity index (χ0n) is 14.8. The van der Waals surface area contributed by atoms with E-state index < -0.39 is 30.7 Å². The maximum atomic E-state index is 12.5. The van der Waals surface area contributed by atoms with Gasteiger partial charge in [0.25, 0.3) is 5.91 Å². The minimum atomic E-state index is -4.45. The zero-order chi connectivity index (χ0) is 20.7. The highest BCUT2D eigenvalue weighted by atomic mass is 35.5. The van der Waals surface area contributed by atoms with Crippen LogP contribution in [0.2, 0.25) is 5.02 Å². The lowest BCUT2D eigenvalue weighted by molar-refractivity contribution is -0.153. The lowest BCUT2D eigenvalue weighted by atomic mass is 10.0. The minimum Gasteiger partial charge on any atom is -0.484 e. The van der Waals surface area contributed by atoms with Crippen molar-refractivity contribution in [1.29, 1.82) is 0 Å². The number of benzene rings is 2. The number of carbonyl (C=O) groups excluding carboxylic acids is 2. The Kier molecular flexibility index (Phi) is 7.28. The standard InChI is InChI=1S/C19H17ClF3NO4/c1-27-17(25)10-16(12-2-6-14(20)7-3-12)24-18(26)13-4-8-15(9-5-13)28-11-19(21,22)23/h2-9,16H,10-11H2,1H3,(H,24,26). The van der Waals surface area contributed by atoms with Crippen LogP contribution in [0.3, 0.4) is 0 Å². The summed E-state index contributed by atoms with van der Waals surface area (Å²) in [5, 5.41) is 3.21. The predicted octanol–water partition coefficient (Wildman–Crippen LogP) is 4.32. The van der Waals surface area contributed by atoms with Crippen LogP contribution >= 0.6 is 11.6 Å². The third-order valence-electron chi connectivity index (χ3n) is 3.70. The number of rotatable bonds is 7. The Hall–Kier alpha value is -2.74. The first-order valence-electron chi connectivity index (χ1n) is 8.10. The van der Waals surface area contributed by atoms with Crippen molar-refractivity contribution in [2.45, 2.75) is 18.6 Å². The average molecular weight is 416 g/mol. The molecule has 1 atom stereocenters. The molecule has 28 heavy (non-hydrogen) atoms. The van der Waals surface area contributed by atoms with Crippen molar-refractivity contribution < 1.29 is 32.2 Å². The van der Waals surface area contributed by atoms with E-state index in [4.69, 9.17) is 11.6 Å². The quantitative estimate of drug-likeness (QED) is 0.684. The van der Waals surface area contributed by atoms with Gasteiger partial charge in [-0.2, -0.15) is 13.2 Å². The first-order chi connectivity index (χ1) is 13.2. The largest absolute Gasteiger partial charge is 0.484 e. The number of nitrogens with one attached hydrogen (secondary N) is 1. The van der Waals surface area contributed by atoms with E-state index in [1.54, 1.807) is 24.3 Å². The Bertz CT molecular complexity index is 807. The highest BCUT2D eigenvalue weighted by Crippen LogP contribution is 2.22. The molecule has 2 rings (SSSR count). The van der Waals surface area contributed by atoms with Gasteiger partial charge in [0.2, 0.25) is 0 Å². The van der Waals surface area contributed by atoms with E-state index in [2.05, 4.69) is 14.8 Å². The van der Waals surface area contributed by atoms with Crippen LogP contribution < -0.4 is 10.1 Å². The molecule has 0 spiro atoms. The van der Waals surface area contributed by atoms with Gasteiger partial charge in [0.15, 0.2) is 6.61 Å². The van der Waals surface area contributed by atoms with Crippen LogP contribution in [0, 0.1) is 0 Å². The van der Waals surface area contributed by atoms with Crippen molar-refractivity contribution in [3.63, 3.8) is 0 Å². The molecule has 0 radical (unpaired) electrons. The van der Waals surface area contributed by atoms with E-state index in [1.165, 1.54) is 31.4 Å². The number of carbonyl (C=O) groups is 2. The van der Waals surface area contributed by atoms with Crippen molar-refractivity contribution in [1.82, 2.24) is 5.32 Å². The van der Waals surface area contributed by atoms with Crippen LogP contribution in [-0.4, -0.2) is 31.8 Å². The van der Waals surface area contributed by atoms with Crippen LogP contribution in [0.1, 0.15) is 28.4 Å². The molecule has 1 amide bonds. The van der Waals surface area contributed by atoms with Gasteiger partial charge < -0.3 is 14.8 Å². The molecule has 0 aliphatic carbocycles. The highest BCUT2D eigenvalue weighted by Gasteiger charge is 2.28. The number of ether oxygens (including phenoxy) is 2. The summed E-state index contributed by atoms with van der Waals surface area (Å²) in [7, 11) is 1.24. The molecule has 0 saturated heterocycles. The molecule has 0 aliphatic heterocycles. The summed E-state index contributed by atoms with van der Waals surface area (Å²) >= 11 is 5.86. The fraction of sp³-hybridized carbons (Fsp3) is 0.263. The third kappa shape index (κ3) is 6.77. The number of alkyl halides is 3. The Balaban J connectivity index is 2.09. The van der Waals surface area contributed by atoms with Gasteiger partial charge in [0.05, 0.1) is 19.6 Å². The molecule has 9 heteroatoms. The summed E-state index contributed by atoms with van der Waals surface area (Å²) in [6.07, 6.45) is -4.55. The predicted molar refractivity (Wildman–Crippen MR) is 96.3 cm³/mol. The van der Waals surface area contributed by atoms with Gasteiger partial charge >= 0.3 is 12.1 Å². The second-order valence-electron chi connectivity index (χ2n) is 5.79. The normalized spacial score (nSPS) is 12.2. The maximum Gasteiger partial charge on any atom is 0.422 e. The van der Waals surface area contributed by atoms with E-state index in [9.17, 15) is 22.8 Å². The Labute approximate surface area is 164 Å². The molecule has 1 N–H and O–H groups in total. The van der Waals surface area contributed by atoms with Crippen molar-refractivity contribution in [3.05, 3.63) is 64.7 Å². The number of halogens is 4. The summed E-state index contributed by atoms with van der Waals surface area (Å²) in [5.41, 5.74) is 0.844. The van der Waals surface area contributed by atoms with E-state index in [-0.39, 0.29) is 17.7 Å². The molecule has 0 aliphatic rings. The first-order valence-corrected chi connectivity index (χ1v) is 8.48. The fourth-order valence-corrected chi connectivity index (χ4v) is 2.43. The number of hydrogen-bond donors (Lipinski definition) is 1. The SMILES string of the molecule is COC(=O)CC(NC(=O)c1ccc(OCC(F)(F)F)cc1)c1ccc(Cl)cc1.